The van der Waals surface area contributed by atoms with Gasteiger partial charge in [-0.05, 0) is 168 Å². The molecule has 3 aliphatic rings. The maximum atomic E-state index is 2.50. The Bertz CT molecular complexity index is 3770. The van der Waals surface area contributed by atoms with Gasteiger partial charge < -0.3 is 4.90 Å². The minimum atomic E-state index is -0.104. The molecule has 1 nitrogen and oxygen atoms in total. The smallest absolute Gasteiger partial charge is 0.0476 e. The van der Waals surface area contributed by atoms with Gasteiger partial charge in [-0.2, -0.15) is 0 Å². The van der Waals surface area contributed by atoms with E-state index in [4.69, 9.17) is 0 Å². The quantitative estimate of drug-likeness (QED) is 0.123. The van der Waals surface area contributed by atoms with Gasteiger partial charge in [0.05, 0.1) is 0 Å². The SMILES string of the molecule is CC(=C(C)c1ccc2c(c1)sc1cc(N(c3ccc4c(c3)-c3ccccc3C4(C)C)c3ccc4c(c3)C(C)(C)c3ccccc3-4)ccc12)c1cc2c3c(ccc4cccc(c43)C2(C)C)c1. The molecule has 1 aromatic heterocycles. The van der Waals surface area contributed by atoms with E-state index in [1.165, 1.54) is 137 Å². The standard InChI is InChI=1S/C63H51NS/c1-36(37(2)41-30-40-21-20-38-14-13-19-54-59(38)60(40)56(31-41)63(54,7)8)39-22-26-48-49-28-24-44(35-58(49)65-57(48)32-39)64(42-25-29-53-50(33-42)46-16-10-12-18-52(46)61(53,3)4)43-23-27-47-45-15-9-11-17-51(45)62(5,6)55(47)34-43/h9-35H,1-8H3. The minimum Gasteiger partial charge on any atom is -0.310 e. The Kier molecular flexibility index (Phi) is 7.85. The van der Waals surface area contributed by atoms with Crippen molar-refractivity contribution in [3.8, 4) is 22.3 Å². The number of thiophene rings is 1. The van der Waals surface area contributed by atoms with Crippen LogP contribution < -0.4 is 4.90 Å². The molecule has 0 saturated heterocycles. The van der Waals surface area contributed by atoms with Crippen LogP contribution in [0.2, 0.25) is 0 Å². The largest absolute Gasteiger partial charge is 0.310 e. The topological polar surface area (TPSA) is 3.24 Å². The zero-order chi connectivity index (χ0) is 44.3. The van der Waals surface area contributed by atoms with Gasteiger partial charge in [0.15, 0.2) is 0 Å². The van der Waals surface area contributed by atoms with Gasteiger partial charge in [-0.25, -0.2) is 0 Å². The highest BCUT2D eigenvalue weighted by Gasteiger charge is 2.38. The van der Waals surface area contributed by atoms with Crippen molar-refractivity contribution in [3.63, 3.8) is 0 Å². The summed E-state index contributed by atoms with van der Waals surface area (Å²) in [6.07, 6.45) is 0. The zero-order valence-corrected chi connectivity index (χ0v) is 39.3. The molecule has 0 amide bonds. The van der Waals surface area contributed by atoms with E-state index in [0.29, 0.717) is 0 Å². The Morgan fingerprint density at radius 2 is 0.908 bits per heavy atom. The highest BCUT2D eigenvalue weighted by atomic mass is 32.1. The molecule has 0 N–H and O–H groups in total. The molecule has 0 unspecified atom stereocenters. The predicted octanol–water partition coefficient (Wildman–Crippen LogP) is 18.0. The van der Waals surface area contributed by atoms with Gasteiger partial charge in [-0.15, -0.1) is 11.3 Å². The summed E-state index contributed by atoms with van der Waals surface area (Å²) in [4.78, 5) is 2.50. The molecule has 10 aromatic rings. The summed E-state index contributed by atoms with van der Waals surface area (Å²) in [5.41, 5.74) is 22.4. The summed E-state index contributed by atoms with van der Waals surface area (Å²) in [6, 6.07) is 62.8. The molecule has 2 heteroatoms. The average Bonchev–Trinajstić information content (AvgIpc) is 3.96. The lowest BCUT2D eigenvalue weighted by atomic mass is 9.80. The van der Waals surface area contributed by atoms with E-state index in [9.17, 15) is 0 Å². The van der Waals surface area contributed by atoms with E-state index in [0.717, 1.165) is 0 Å². The van der Waals surface area contributed by atoms with Gasteiger partial charge in [0.1, 0.15) is 0 Å². The molecule has 0 fully saturated rings. The van der Waals surface area contributed by atoms with Crippen molar-refractivity contribution < 1.29 is 0 Å². The van der Waals surface area contributed by atoms with Crippen LogP contribution in [0.5, 0.6) is 0 Å². The van der Waals surface area contributed by atoms with Crippen LogP contribution >= 0.6 is 11.3 Å². The number of hydrogen-bond donors (Lipinski definition) is 0. The second-order valence-corrected chi connectivity index (χ2v) is 21.7. The first-order valence-electron chi connectivity index (χ1n) is 23.2. The van der Waals surface area contributed by atoms with Crippen LogP contribution in [0.1, 0.15) is 99.9 Å². The van der Waals surface area contributed by atoms with Gasteiger partial charge in [-0.3, -0.25) is 0 Å². The maximum Gasteiger partial charge on any atom is 0.0476 e. The van der Waals surface area contributed by atoms with Crippen molar-refractivity contribution in [1.82, 2.24) is 0 Å². The van der Waals surface area contributed by atoms with Crippen LogP contribution in [0.15, 0.2) is 164 Å². The molecule has 65 heavy (non-hydrogen) atoms. The molecule has 9 aromatic carbocycles. The number of fused-ring (bicyclic) bond motifs is 9. The molecule has 0 radical (unpaired) electrons. The second-order valence-electron chi connectivity index (χ2n) is 20.6. The second kappa shape index (κ2) is 13.2. The third-order valence-corrected chi connectivity index (χ3v) is 17.2. The zero-order valence-electron chi connectivity index (χ0n) is 38.4. The molecule has 0 bridgehead atoms. The Hall–Kier alpha value is -6.74. The fourth-order valence-electron chi connectivity index (χ4n) is 12.3. The predicted molar refractivity (Wildman–Crippen MR) is 281 cm³/mol. The van der Waals surface area contributed by atoms with E-state index in [2.05, 4.69) is 224 Å². The van der Waals surface area contributed by atoms with Crippen LogP contribution in [-0.4, -0.2) is 0 Å². The lowest BCUT2D eigenvalue weighted by Crippen LogP contribution is -2.17. The molecule has 0 atom stereocenters. The fourth-order valence-corrected chi connectivity index (χ4v) is 13.5. The number of hydrogen-bond acceptors (Lipinski definition) is 2. The van der Waals surface area contributed by atoms with Gasteiger partial charge in [0, 0.05) is 53.5 Å². The normalized spacial score (nSPS) is 16.0. The summed E-state index contributed by atoms with van der Waals surface area (Å²) in [5.74, 6) is 0. The van der Waals surface area contributed by atoms with Crippen molar-refractivity contribution in [2.24, 2.45) is 0 Å². The van der Waals surface area contributed by atoms with Crippen molar-refractivity contribution in [1.29, 1.82) is 0 Å². The Balaban J connectivity index is 0.929. The summed E-state index contributed by atoms with van der Waals surface area (Å²) >= 11 is 1.91. The molecule has 0 aliphatic heterocycles. The number of anilines is 3. The number of allylic oxidation sites excluding steroid dienone is 2. The molecule has 3 aliphatic carbocycles. The van der Waals surface area contributed by atoms with Gasteiger partial charge in [-0.1, -0.05) is 151 Å². The summed E-state index contributed by atoms with van der Waals surface area (Å²) < 4.78 is 2.61. The fraction of sp³-hybridized carbons (Fsp3) is 0.175. The monoisotopic (exact) mass is 853 g/mol. The first kappa shape index (κ1) is 38.7. The van der Waals surface area contributed by atoms with Crippen molar-refractivity contribution in [2.75, 3.05) is 4.90 Å². The van der Waals surface area contributed by atoms with Crippen molar-refractivity contribution in [3.05, 3.63) is 208 Å². The molecular formula is C63H51NS. The van der Waals surface area contributed by atoms with Crippen molar-refractivity contribution >= 4 is 81.3 Å². The first-order chi connectivity index (χ1) is 31.3. The molecule has 0 spiro atoms. The van der Waals surface area contributed by atoms with E-state index < -0.39 is 0 Å². The highest BCUT2D eigenvalue weighted by Crippen LogP contribution is 2.54. The van der Waals surface area contributed by atoms with Crippen LogP contribution in [0, 0.1) is 0 Å². The van der Waals surface area contributed by atoms with E-state index in [1.807, 2.05) is 11.3 Å². The molecule has 1 heterocycles. The lowest BCUT2D eigenvalue weighted by Gasteiger charge is -2.29. The summed E-state index contributed by atoms with van der Waals surface area (Å²) in [6.45, 7) is 18.9. The summed E-state index contributed by atoms with van der Waals surface area (Å²) in [7, 11) is 0. The van der Waals surface area contributed by atoms with Crippen LogP contribution in [0.25, 0.3) is 75.1 Å². The molecule has 314 valence electrons. The highest BCUT2D eigenvalue weighted by molar-refractivity contribution is 7.25. The van der Waals surface area contributed by atoms with Crippen LogP contribution in [0.4, 0.5) is 17.1 Å². The molecular weight excluding hydrogens is 803 g/mol. The third-order valence-electron chi connectivity index (χ3n) is 16.1. The van der Waals surface area contributed by atoms with Crippen LogP contribution in [-0.2, 0) is 16.2 Å². The lowest BCUT2D eigenvalue weighted by molar-refractivity contribution is 0.660. The van der Waals surface area contributed by atoms with E-state index >= 15 is 0 Å². The average molecular weight is 854 g/mol. The maximum absolute atomic E-state index is 2.50. The summed E-state index contributed by atoms with van der Waals surface area (Å²) in [5, 5.41) is 8.15. The van der Waals surface area contributed by atoms with Crippen LogP contribution in [0.3, 0.4) is 0 Å². The number of benzene rings is 9. The first-order valence-corrected chi connectivity index (χ1v) is 24.1. The Morgan fingerprint density at radius 1 is 0.369 bits per heavy atom. The number of rotatable bonds is 5. The molecule has 13 rings (SSSR count). The van der Waals surface area contributed by atoms with E-state index in [1.54, 1.807) is 0 Å². The van der Waals surface area contributed by atoms with Gasteiger partial charge in [0.2, 0.25) is 0 Å². The van der Waals surface area contributed by atoms with E-state index in [-0.39, 0.29) is 16.2 Å². The van der Waals surface area contributed by atoms with Crippen molar-refractivity contribution in [2.45, 2.75) is 71.6 Å². The molecule has 0 saturated carbocycles. The minimum absolute atomic E-state index is 0.0398. The van der Waals surface area contributed by atoms with Gasteiger partial charge in [0.25, 0.3) is 0 Å². The third kappa shape index (κ3) is 5.26. The number of nitrogens with zero attached hydrogens (tertiary/aromatic N) is 1. The Labute approximate surface area is 386 Å². The van der Waals surface area contributed by atoms with Gasteiger partial charge >= 0.3 is 0 Å². The Morgan fingerprint density at radius 3 is 1.69 bits per heavy atom.